The Morgan fingerprint density at radius 1 is 1.57 bits per heavy atom. The van der Waals surface area contributed by atoms with E-state index in [4.69, 9.17) is 15.7 Å². The zero-order valence-corrected chi connectivity index (χ0v) is 12.3. The van der Waals surface area contributed by atoms with Crippen LogP contribution in [0.3, 0.4) is 0 Å². The maximum atomic E-state index is 13.4. The molecule has 1 aromatic carbocycles. The molecule has 1 aliphatic rings. The largest absolute Gasteiger partial charge is 0.409 e. The first-order valence-corrected chi connectivity index (χ1v) is 7.24. The molecule has 0 saturated carbocycles. The van der Waals surface area contributed by atoms with Gasteiger partial charge in [-0.2, -0.15) is 0 Å². The van der Waals surface area contributed by atoms with Crippen LogP contribution < -0.4 is 5.73 Å². The molecule has 1 fully saturated rings. The number of piperidine rings is 1. The third kappa shape index (κ3) is 4.15. The molecule has 0 aromatic heterocycles. The Hall–Kier alpha value is -1.66. The van der Waals surface area contributed by atoms with Crippen LogP contribution in [0.5, 0.6) is 0 Å². The van der Waals surface area contributed by atoms with Crippen molar-refractivity contribution in [3.63, 3.8) is 0 Å². The van der Waals surface area contributed by atoms with E-state index in [-0.39, 0.29) is 11.9 Å². The summed E-state index contributed by atoms with van der Waals surface area (Å²) in [5.41, 5.74) is 6.93. The molecule has 0 aliphatic carbocycles. The lowest BCUT2D eigenvalue weighted by molar-refractivity contribution is 0.00361. The summed E-state index contributed by atoms with van der Waals surface area (Å²) in [7, 11) is 0. The van der Waals surface area contributed by atoms with Gasteiger partial charge in [0.25, 0.3) is 0 Å². The van der Waals surface area contributed by atoms with Gasteiger partial charge in [0.2, 0.25) is 0 Å². The van der Waals surface area contributed by atoms with Gasteiger partial charge in [-0.3, -0.25) is 4.90 Å². The Labute approximate surface area is 124 Å². The van der Waals surface area contributed by atoms with Crippen LogP contribution in [0.15, 0.2) is 23.4 Å². The Bertz CT molecular complexity index is 506. The van der Waals surface area contributed by atoms with Gasteiger partial charge in [-0.25, -0.2) is 4.39 Å². The van der Waals surface area contributed by atoms with Crippen LogP contribution in [-0.4, -0.2) is 41.7 Å². The average Bonchev–Trinajstić information content (AvgIpc) is 2.49. The first kappa shape index (κ1) is 15.7. The molecule has 5 nitrogen and oxygen atoms in total. The first-order valence-electron chi connectivity index (χ1n) is 7.24. The second-order valence-electron chi connectivity index (χ2n) is 5.24. The van der Waals surface area contributed by atoms with E-state index in [2.05, 4.69) is 10.1 Å². The zero-order chi connectivity index (χ0) is 15.2. The minimum atomic E-state index is -0.397. The topological polar surface area (TPSA) is 71.1 Å². The third-order valence-electron chi connectivity index (χ3n) is 3.71. The highest BCUT2D eigenvalue weighted by molar-refractivity contribution is 5.98. The molecule has 1 aliphatic heterocycles. The van der Waals surface area contributed by atoms with Gasteiger partial charge in [-0.15, -0.1) is 0 Å². The van der Waals surface area contributed by atoms with Crippen molar-refractivity contribution in [2.75, 3.05) is 19.7 Å². The Morgan fingerprint density at radius 3 is 3.10 bits per heavy atom. The molecular formula is C15H22FN3O2. The number of ether oxygens (including phenoxy) is 1. The monoisotopic (exact) mass is 295 g/mol. The highest BCUT2D eigenvalue weighted by atomic mass is 19.1. The van der Waals surface area contributed by atoms with E-state index >= 15 is 0 Å². The fraction of sp³-hybridized carbons (Fsp3) is 0.533. The Balaban J connectivity index is 2.12. The van der Waals surface area contributed by atoms with Crippen molar-refractivity contribution in [3.8, 4) is 0 Å². The number of hydrogen-bond acceptors (Lipinski definition) is 4. The van der Waals surface area contributed by atoms with Crippen LogP contribution >= 0.6 is 0 Å². The number of halogens is 1. The van der Waals surface area contributed by atoms with Gasteiger partial charge >= 0.3 is 0 Å². The predicted molar refractivity (Wildman–Crippen MR) is 78.8 cm³/mol. The van der Waals surface area contributed by atoms with Gasteiger partial charge in [0.05, 0.1) is 6.10 Å². The molecule has 116 valence electrons. The van der Waals surface area contributed by atoms with Crippen molar-refractivity contribution in [3.05, 3.63) is 35.1 Å². The van der Waals surface area contributed by atoms with Crippen molar-refractivity contribution < 1.29 is 14.3 Å². The predicted octanol–water partition coefficient (Wildman–Crippen LogP) is 1.92. The van der Waals surface area contributed by atoms with E-state index in [0.717, 1.165) is 31.5 Å². The standard InChI is InChI=1S/C15H22FN3O2/c1-2-21-13-4-3-7-19(10-13)9-11-5-6-12(16)8-14(11)15(17)18-20/h5-6,8,13,20H,2-4,7,9-10H2,1H3,(H2,17,18). The number of oxime groups is 1. The smallest absolute Gasteiger partial charge is 0.170 e. The van der Waals surface area contributed by atoms with Crippen molar-refractivity contribution in [1.82, 2.24) is 4.90 Å². The van der Waals surface area contributed by atoms with E-state index in [1.165, 1.54) is 12.1 Å². The molecule has 1 saturated heterocycles. The van der Waals surface area contributed by atoms with Crippen molar-refractivity contribution in [2.45, 2.75) is 32.4 Å². The quantitative estimate of drug-likeness (QED) is 0.377. The van der Waals surface area contributed by atoms with Crippen LogP contribution in [0.2, 0.25) is 0 Å². The minimum Gasteiger partial charge on any atom is -0.409 e. The van der Waals surface area contributed by atoms with E-state index in [1.54, 1.807) is 6.07 Å². The maximum Gasteiger partial charge on any atom is 0.170 e. The van der Waals surface area contributed by atoms with Gasteiger partial charge in [0.1, 0.15) is 5.82 Å². The molecule has 0 amide bonds. The lowest BCUT2D eigenvalue weighted by Gasteiger charge is -2.32. The first-order chi connectivity index (χ1) is 10.1. The number of hydrogen-bond donors (Lipinski definition) is 2. The molecule has 0 radical (unpaired) electrons. The summed E-state index contributed by atoms with van der Waals surface area (Å²) >= 11 is 0. The van der Waals surface area contributed by atoms with Crippen LogP contribution in [-0.2, 0) is 11.3 Å². The van der Waals surface area contributed by atoms with Gasteiger partial charge in [-0.1, -0.05) is 11.2 Å². The second-order valence-corrected chi connectivity index (χ2v) is 5.24. The van der Waals surface area contributed by atoms with Gasteiger partial charge in [-0.05, 0) is 44.0 Å². The number of nitrogens with two attached hydrogens (primary N) is 1. The lowest BCUT2D eigenvalue weighted by atomic mass is 10.0. The molecule has 1 unspecified atom stereocenters. The highest BCUT2D eigenvalue weighted by Crippen LogP contribution is 2.19. The molecular weight excluding hydrogens is 273 g/mol. The van der Waals surface area contributed by atoms with Crippen LogP contribution in [0.25, 0.3) is 0 Å². The summed E-state index contributed by atoms with van der Waals surface area (Å²) in [5, 5.41) is 11.8. The SMILES string of the molecule is CCOC1CCCN(Cc2ccc(F)cc2C(N)=NO)C1. The molecule has 0 spiro atoms. The summed E-state index contributed by atoms with van der Waals surface area (Å²) in [6.45, 7) is 5.16. The normalized spacial score (nSPS) is 20.7. The van der Waals surface area contributed by atoms with Gasteiger partial charge in [0, 0.05) is 25.3 Å². The molecule has 1 aromatic rings. The summed E-state index contributed by atoms with van der Waals surface area (Å²) in [6.07, 6.45) is 2.39. The van der Waals surface area contributed by atoms with Crippen LogP contribution in [0.4, 0.5) is 4.39 Å². The third-order valence-corrected chi connectivity index (χ3v) is 3.71. The molecule has 1 heterocycles. The average molecular weight is 295 g/mol. The Morgan fingerprint density at radius 2 is 2.38 bits per heavy atom. The maximum absolute atomic E-state index is 13.4. The van der Waals surface area contributed by atoms with Crippen molar-refractivity contribution in [1.29, 1.82) is 0 Å². The van der Waals surface area contributed by atoms with E-state index in [1.807, 2.05) is 6.92 Å². The van der Waals surface area contributed by atoms with E-state index in [9.17, 15) is 4.39 Å². The molecule has 6 heteroatoms. The second kappa shape index (κ2) is 7.38. The minimum absolute atomic E-state index is 0.0668. The number of amidine groups is 1. The number of benzene rings is 1. The number of rotatable bonds is 5. The summed E-state index contributed by atoms with van der Waals surface area (Å²) in [4.78, 5) is 2.26. The van der Waals surface area contributed by atoms with Crippen LogP contribution in [0, 0.1) is 5.82 Å². The van der Waals surface area contributed by atoms with E-state index in [0.29, 0.717) is 18.7 Å². The van der Waals surface area contributed by atoms with Crippen molar-refractivity contribution >= 4 is 5.84 Å². The van der Waals surface area contributed by atoms with Gasteiger partial charge < -0.3 is 15.7 Å². The zero-order valence-electron chi connectivity index (χ0n) is 12.3. The molecule has 1 atom stereocenters. The number of likely N-dealkylation sites (tertiary alicyclic amines) is 1. The van der Waals surface area contributed by atoms with Crippen molar-refractivity contribution in [2.24, 2.45) is 10.9 Å². The number of nitrogens with zero attached hydrogens (tertiary/aromatic N) is 2. The summed E-state index contributed by atoms with van der Waals surface area (Å²) in [5.74, 6) is -0.464. The fourth-order valence-electron chi connectivity index (χ4n) is 2.75. The molecule has 0 bridgehead atoms. The molecule has 2 rings (SSSR count). The summed E-state index contributed by atoms with van der Waals surface area (Å²) in [6, 6.07) is 4.38. The Kier molecular flexibility index (Phi) is 5.52. The lowest BCUT2D eigenvalue weighted by Crippen LogP contribution is -2.39. The molecule has 3 N–H and O–H groups in total. The van der Waals surface area contributed by atoms with E-state index < -0.39 is 5.82 Å². The summed E-state index contributed by atoms with van der Waals surface area (Å²) < 4.78 is 19.0. The highest BCUT2D eigenvalue weighted by Gasteiger charge is 2.21. The van der Waals surface area contributed by atoms with Gasteiger partial charge in [0.15, 0.2) is 5.84 Å². The molecule has 21 heavy (non-hydrogen) atoms. The van der Waals surface area contributed by atoms with Crippen LogP contribution in [0.1, 0.15) is 30.9 Å². The fourth-order valence-corrected chi connectivity index (χ4v) is 2.75.